The summed E-state index contributed by atoms with van der Waals surface area (Å²) in [6.07, 6.45) is 9.96. The second-order valence-electron chi connectivity index (χ2n) is 7.08. The van der Waals surface area contributed by atoms with Crippen LogP contribution in [0.5, 0.6) is 0 Å². The van der Waals surface area contributed by atoms with E-state index in [2.05, 4.69) is 15.3 Å². The van der Waals surface area contributed by atoms with E-state index in [0.717, 1.165) is 55.6 Å². The number of rotatable bonds is 5. The fraction of sp³-hybridized carbons (Fsp3) is 0.318. The molecule has 1 aromatic carbocycles. The number of piperidine rings is 1. The van der Waals surface area contributed by atoms with Gasteiger partial charge in [-0.15, -0.1) is 0 Å². The van der Waals surface area contributed by atoms with E-state index in [0.29, 0.717) is 5.76 Å². The number of likely N-dealkylation sites (tertiary alicyclic amines) is 1. The molecule has 0 unspecified atom stereocenters. The van der Waals surface area contributed by atoms with Crippen LogP contribution in [0.15, 0.2) is 65.7 Å². The number of amides is 2. The number of pyridine rings is 1. The molecule has 0 radical (unpaired) electrons. The third-order valence-electron chi connectivity index (χ3n) is 5.18. The lowest BCUT2D eigenvalue weighted by molar-refractivity contribution is 0.158. The molecule has 1 N–H and O–H groups in total. The van der Waals surface area contributed by atoms with Crippen LogP contribution in [0.4, 0.5) is 10.5 Å². The highest BCUT2D eigenvalue weighted by Crippen LogP contribution is 2.25. The number of nitrogens with one attached hydrogen (secondary N) is 1. The van der Waals surface area contributed by atoms with E-state index >= 15 is 0 Å². The van der Waals surface area contributed by atoms with Crippen molar-refractivity contribution in [3.63, 3.8) is 0 Å². The largest absolute Gasteiger partial charge is 0.444 e. The van der Waals surface area contributed by atoms with Crippen molar-refractivity contribution in [2.45, 2.75) is 38.1 Å². The SMILES string of the molecule is O=C(Nc1cccc(-c2cnco2)c1)N1CCCC[C@H]1CCc1ccccn1. The maximum absolute atomic E-state index is 13.0. The van der Waals surface area contributed by atoms with Crippen molar-refractivity contribution < 1.29 is 9.21 Å². The summed E-state index contributed by atoms with van der Waals surface area (Å²) >= 11 is 0. The Morgan fingerprint density at radius 1 is 1.21 bits per heavy atom. The molecule has 28 heavy (non-hydrogen) atoms. The minimum Gasteiger partial charge on any atom is -0.444 e. The van der Waals surface area contributed by atoms with Crippen LogP contribution in [0.2, 0.25) is 0 Å². The molecule has 0 bridgehead atoms. The average Bonchev–Trinajstić information content (AvgIpc) is 3.28. The predicted molar refractivity (Wildman–Crippen MR) is 108 cm³/mol. The predicted octanol–water partition coefficient (Wildman–Crippen LogP) is 4.76. The van der Waals surface area contributed by atoms with Gasteiger partial charge in [0.2, 0.25) is 0 Å². The molecule has 1 saturated heterocycles. The number of urea groups is 1. The van der Waals surface area contributed by atoms with E-state index in [9.17, 15) is 4.79 Å². The zero-order valence-corrected chi connectivity index (χ0v) is 15.8. The first kappa shape index (κ1) is 18.2. The Morgan fingerprint density at radius 2 is 2.18 bits per heavy atom. The van der Waals surface area contributed by atoms with Crippen molar-refractivity contribution in [1.82, 2.24) is 14.9 Å². The minimum atomic E-state index is -0.0413. The van der Waals surface area contributed by atoms with Gasteiger partial charge in [0, 0.05) is 35.7 Å². The summed E-state index contributed by atoms with van der Waals surface area (Å²) in [6, 6.07) is 13.8. The summed E-state index contributed by atoms with van der Waals surface area (Å²) in [5.74, 6) is 0.683. The monoisotopic (exact) mass is 376 g/mol. The highest BCUT2D eigenvalue weighted by atomic mass is 16.3. The Bertz CT molecular complexity index is 896. The number of oxazole rings is 1. The molecule has 144 valence electrons. The molecule has 0 aliphatic carbocycles. The van der Waals surface area contributed by atoms with Gasteiger partial charge in [0.1, 0.15) is 0 Å². The smallest absolute Gasteiger partial charge is 0.322 e. The van der Waals surface area contributed by atoms with E-state index in [1.807, 2.05) is 53.6 Å². The van der Waals surface area contributed by atoms with E-state index in [1.54, 1.807) is 6.20 Å². The van der Waals surface area contributed by atoms with E-state index in [4.69, 9.17) is 4.42 Å². The molecule has 1 fully saturated rings. The molecular weight excluding hydrogens is 352 g/mol. The van der Waals surface area contributed by atoms with Gasteiger partial charge in [0.25, 0.3) is 0 Å². The second kappa shape index (κ2) is 8.69. The molecule has 6 heteroatoms. The summed E-state index contributed by atoms with van der Waals surface area (Å²) in [5, 5.41) is 3.05. The van der Waals surface area contributed by atoms with Crippen LogP contribution in [0.3, 0.4) is 0 Å². The van der Waals surface area contributed by atoms with Crippen LogP contribution in [-0.4, -0.2) is 33.5 Å². The molecule has 2 aromatic heterocycles. The number of carbonyl (C=O) groups excluding carboxylic acids is 1. The van der Waals surface area contributed by atoms with Crippen molar-refractivity contribution in [2.75, 3.05) is 11.9 Å². The Hall–Kier alpha value is -3.15. The molecule has 3 aromatic rings. The van der Waals surface area contributed by atoms with Crippen molar-refractivity contribution in [2.24, 2.45) is 0 Å². The maximum Gasteiger partial charge on any atom is 0.322 e. The third kappa shape index (κ3) is 4.39. The zero-order chi connectivity index (χ0) is 19.2. The number of aromatic nitrogens is 2. The zero-order valence-electron chi connectivity index (χ0n) is 15.8. The lowest BCUT2D eigenvalue weighted by Crippen LogP contribution is -2.46. The Balaban J connectivity index is 1.41. The molecule has 3 heterocycles. The Kier molecular flexibility index (Phi) is 5.66. The normalized spacial score (nSPS) is 16.7. The first-order valence-corrected chi connectivity index (χ1v) is 9.76. The van der Waals surface area contributed by atoms with Gasteiger partial charge >= 0.3 is 6.03 Å². The first-order valence-electron chi connectivity index (χ1n) is 9.76. The lowest BCUT2D eigenvalue weighted by Gasteiger charge is -2.35. The van der Waals surface area contributed by atoms with Gasteiger partial charge in [-0.2, -0.15) is 0 Å². The van der Waals surface area contributed by atoms with Gasteiger partial charge in [-0.05, 0) is 56.4 Å². The van der Waals surface area contributed by atoms with Gasteiger partial charge in [-0.25, -0.2) is 9.78 Å². The van der Waals surface area contributed by atoms with Crippen LogP contribution in [0, 0.1) is 0 Å². The van der Waals surface area contributed by atoms with Crippen molar-refractivity contribution in [3.8, 4) is 11.3 Å². The van der Waals surface area contributed by atoms with Crippen LogP contribution in [-0.2, 0) is 6.42 Å². The molecule has 2 amide bonds. The van der Waals surface area contributed by atoms with Crippen LogP contribution in [0.25, 0.3) is 11.3 Å². The minimum absolute atomic E-state index is 0.0413. The van der Waals surface area contributed by atoms with Gasteiger partial charge in [0.05, 0.1) is 6.20 Å². The average molecular weight is 376 g/mol. The molecule has 6 nitrogen and oxygen atoms in total. The topological polar surface area (TPSA) is 71.3 Å². The number of hydrogen-bond acceptors (Lipinski definition) is 4. The summed E-state index contributed by atoms with van der Waals surface area (Å²) in [5.41, 5.74) is 2.72. The Morgan fingerprint density at radius 3 is 3.00 bits per heavy atom. The molecule has 1 aliphatic rings. The van der Waals surface area contributed by atoms with Crippen molar-refractivity contribution >= 4 is 11.7 Å². The van der Waals surface area contributed by atoms with E-state index < -0.39 is 0 Å². The number of aryl methyl sites for hydroxylation is 1. The fourth-order valence-corrected chi connectivity index (χ4v) is 3.73. The Labute approximate surface area is 164 Å². The second-order valence-corrected chi connectivity index (χ2v) is 7.08. The molecule has 1 atom stereocenters. The highest BCUT2D eigenvalue weighted by Gasteiger charge is 2.26. The van der Waals surface area contributed by atoms with Crippen molar-refractivity contribution in [3.05, 3.63) is 66.9 Å². The van der Waals surface area contributed by atoms with Crippen molar-refractivity contribution in [1.29, 1.82) is 0 Å². The fourth-order valence-electron chi connectivity index (χ4n) is 3.73. The molecule has 4 rings (SSSR count). The van der Waals surface area contributed by atoms with Gasteiger partial charge in [-0.3, -0.25) is 4.98 Å². The van der Waals surface area contributed by atoms with Crippen LogP contribution >= 0.6 is 0 Å². The summed E-state index contributed by atoms with van der Waals surface area (Å²) in [6.45, 7) is 0.792. The number of benzene rings is 1. The highest BCUT2D eigenvalue weighted by molar-refractivity contribution is 5.90. The van der Waals surface area contributed by atoms with Crippen LogP contribution in [0.1, 0.15) is 31.4 Å². The van der Waals surface area contributed by atoms with Gasteiger partial charge in [0.15, 0.2) is 12.2 Å². The van der Waals surface area contributed by atoms with Gasteiger partial charge in [-0.1, -0.05) is 18.2 Å². The summed E-state index contributed by atoms with van der Waals surface area (Å²) < 4.78 is 5.35. The maximum atomic E-state index is 13.0. The molecular formula is C22H24N4O2. The number of hydrogen-bond donors (Lipinski definition) is 1. The van der Waals surface area contributed by atoms with Crippen LogP contribution < -0.4 is 5.32 Å². The number of anilines is 1. The third-order valence-corrected chi connectivity index (χ3v) is 5.18. The lowest BCUT2D eigenvalue weighted by atomic mass is 9.97. The standard InChI is InChI=1S/C22H24N4O2/c27-22(25-19-8-5-6-17(14-19)21-15-23-16-28-21)26-13-4-2-9-20(26)11-10-18-7-1-3-12-24-18/h1,3,5-8,12,14-16,20H,2,4,9-11,13H2,(H,25,27)/t20-/m0/s1. The first-order chi connectivity index (χ1) is 13.8. The van der Waals surface area contributed by atoms with Gasteiger partial charge < -0.3 is 14.6 Å². The number of nitrogens with zero attached hydrogens (tertiary/aromatic N) is 3. The quantitative estimate of drug-likeness (QED) is 0.697. The van der Waals surface area contributed by atoms with E-state index in [-0.39, 0.29) is 12.1 Å². The molecule has 0 saturated carbocycles. The summed E-state index contributed by atoms with van der Waals surface area (Å²) in [7, 11) is 0. The summed E-state index contributed by atoms with van der Waals surface area (Å²) in [4.78, 5) is 23.3. The molecule has 1 aliphatic heterocycles. The van der Waals surface area contributed by atoms with E-state index in [1.165, 1.54) is 6.39 Å². The molecule has 0 spiro atoms. The number of carbonyl (C=O) groups is 1.